The number of nitrogens with zero attached hydrogens (tertiary/aromatic N) is 1. The molecule has 0 radical (unpaired) electrons. The Morgan fingerprint density at radius 2 is 2.03 bits per heavy atom. The summed E-state index contributed by atoms with van der Waals surface area (Å²) in [6.07, 6.45) is 3.55. The highest BCUT2D eigenvalue weighted by Crippen LogP contribution is 2.38. The Kier molecular flexibility index (Phi) is 5.08. The molecular weight excluding hydrogens is 410 g/mol. The summed E-state index contributed by atoms with van der Waals surface area (Å²) < 4.78 is 10.3. The van der Waals surface area contributed by atoms with Crippen LogP contribution >= 0.6 is 11.3 Å². The number of esters is 1. The molecule has 2 heterocycles. The Morgan fingerprint density at radius 1 is 1.27 bits per heavy atom. The average Bonchev–Trinajstić information content (AvgIpc) is 3.09. The number of aryl methyl sites for hydroxylation is 1. The molecule has 0 bridgehead atoms. The topological polar surface area (TPSA) is 136 Å². The molecule has 2 aromatic heterocycles. The van der Waals surface area contributed by atoms with Gasteiger partial charge in [0.2, 0.25) is 5.55 Å². The third kappa shape index (κ3) is 3.45. The fraction of sp³-hybridized carbons (Fsp3) is 0.250. The summed E-state index contributed by atoms with van der Waals surface area (Å²) in [4.78, 5) is 36.8. The first-order valence-corrected chi connectivity index (χ1v) is 10.0. The minimum Gasteiger partial charge on any atom is -0.465 e. The van der Waals surface area contributed by atoms with Gasteiger partial charge in [0.25, 0.3) is 11.6 Å². The highest BCUT2D eigenvalue weighted by atomic mass is 32.1. The third-order valence-corrected chi connectivity index (χ3v) is 6.20. The van der Waals surface area contributed by atoms with E-state index < -0.39 is 16.8 Å². The molecule has 0 aliphatic heterocycles. The van der Waals surface area contributed by atoms with Gasteiger partial charge in [0, 0.05) is 22.4 Å². The molecule has 1 aliphatic rings. The van der Waals surface area contributed by atoms with E-state index in [1.165, 1.54) is 42.7 Å². The number of anilines is 1. The molecule has 4 rings (SSSR count). The maximum Gasteiger partial charge on any atom is 0.341 e. The highest BCUT2D eigenvalue weighted by molar-refractivity contribution is 7.17. The summed E-state index contributed by atoms with van der Waals surface area (Å²) in [6.45, 7) is 0. The molecule has 0 atom stereocenters. The van der Waals surface area contributed by atoms with Gasteiger partial charge in [-0.05, 0) is 43.4 Å². The first-order chi connectivity index (χ1) is 14.4. The van der Waals surface area contributed by atoms with Crippen LogP contribution in [0.15, 0.2) is 28.7 Å². The number of nitrogens with one attached hydrogen (secondary N) is 2. The number of hydrogen-bond acceptors (Lipinski definition) is 8. The minimum atomic E-state index is -0.638. The van der Waals surface area contributed by atoms with Crippen molar-refractivity contribution >= 4 is 44.9 Å². The fourth-order valence-corrected chi connectivity index (χ4v) is 4.82. The number of ether oxygens (including phenoxy) is 1. The summed E-state index contributed by atoms with van der Waals surface area (Å²) >= 11 is 1.33. The van der Waals surface area contributed by atoms with Crippen LogP contribution in [-0.4, -0.2) is 23.9 Å². The normalized spacial score (nSPS) is 13.0. The predicted molar refractivity (Wildman–Crippen MR) is 109 cm³/mol. The summed E-state index contributed by atoms with van der Waals surface area (Å²) in [7, 11) is 1.29. The second kappa shape index (κ2) is 7.71. The van der Waals surface area contributed by atoms with E-state index >= 15 is 0 Å². The van der Waals surface area contributed by atoms with Crippen molar-refractivity contribution in [2.75, 3.05) is 12.4 Å². The third-order valence-electron chi connectivity index (χ3n) is 4.99. The predicted octanol–water partition coefficient (Wildman–Crippen LogP) is 3.80. The van der Waals surface area contributed by atoms with E-state index in [0.717, 1.165) is 36.1 Å². The van der Waals surface area contributed by atoms with E-state index in [-0.39, 0.29) is 22.4 Å². The van der Waals surface area contributed by atoms with Crippen molar-refractivity contribution < 1.29 is 23.7 Å². The summed E-state index contributed by atoms with van der Waals surface area (Å²) in [6, 6.07) is 5.30. The van der Waals surface area contributed by atoms with Gasteiger partial charge in [-0.25, -0.2) is 4.79 Å². The first kappa shape index (κ1) is 19.8. The lowest BCUT2D eigenvalue weighted by atomic mass is 9.95. The molecule has 0 unspecified atom stereocenters. The van der Waals surface area contributed by atoms with E-state index in [2.05, 4.69) is 5.32 Å². The maximum atomic E-state index is 12.9. The van der Waals surface area contributed by atoms with Crippen molar-refractivity contribution in [3.8, 4) is 0 Å². The number of non-ortho nitro benzene ring substituents is 1. The zero-order chi connectivity index (χ0) is 21.4. The molecule has 2 N–H and O–H groups in total. The van der Waals surface area contributed by atoms with Crippen LogP contribution in [0.4, 0.5) is 10.7 Å². The van der Waals surface area contributed by atoms with Crippen molar-refractivity contribution in [2.24, 2.45) is 0 Å². The number of hydrogen-bond donors (Lipinski definition) is 2. The van der Waals surface area contributed by atoms with Crippen LogP contribution in [0, 0.1) is 15.5 Å². The number of methoxy groups -OCH3 is 1. The minimum absolute atomic E-state index is 0.0924. The van der Waals surface area contributed by atoms with E-state index in [1.54, 1.807) is 0 Å². The van der Waals surface area contributed by atoms with Gasteiger partial charge in [-0.2, -0.15) is 0 Å². The van der Waals surface area contributed by atoms with E-state index in [9.17, 15) is 19.7 Å². The van der Waals surface area contributed by atoms with Crippen LogP contribution in [0.2, 0.25) is 0 Å². The van der Waals surface area contributed by atoms with E-state index in [4.69, 9.17) is 14.6 Å². The molecule has 0 spiro atoms. The van der Waals surface area contributed by atoms with Gasteiger partial charge < -0.3 is 14.5 Å². The van der Waals surface area contributed by atoms with Gasteiger partial charge >= 0.3 is 5.97 Å². The van der Waals surface area contributed by atoms with Crippen molar-refractivity contribution in [3.05, 3.63) is 61.5 Å². The SMILES string of the molecule is COC(=O)c1c(NC(=O)c2cc3cc([N+](=O)[O-])ccc3oc2=N)sc2c1CCCC2. The number of nitro benzene ring substituents is 1. The number of fused-ring (bicyclic) bond motifs is 2. The Labute approximate surface area is 173 Å². The number of carbonyl (C=O) groups excluding carboxylic acids is 2. The highest BCUT2D eigenvalue weighted by Gasteiger charge is 2.27. The quantitative estimate of drug-likeness (QED) is 0.369. The molecular formula is C20H17N3O6S. The lowest BCUT2D eigenvalue weighted by molar-refractivity contribution is -0.384. The van der Waals surface area contributed by atoms with Crippen LogP contribution < -0.4 is 10.9 Å². The van der Waals surface area contributed by atoms with E-state index in [1.807, 2.05) is 0 Å². The molecule has 9 nitrogen and oxygen atoms in total. The number of amides is 1. The Bertz CT molecular complexity index is 1260. The van der Waals surface area contributed by atoms with Gasteiger partial charge in [0.05, 0.1) is 17.6 Å². The smallest absolute Gasteiger partial charge is 0.341 e. The lowest BCUT2D eigenvalue weighted by Gasteiger charge is -2.11. The molecule has 1 amide bonds. The molecule has 3 aromatic rings. The van der Waals surface area contributed by atoms with Gasteiger partial charge in [0.1, 0.15) is 16.1 Å². The van der Waals surface area contributed by atoms with Crippen LogP contribution in [0.3, 0.4) is 0 Å². The molecule has 0 fully saturated rings. The second-order valence-corrected chi connectivity index (χ2v) is 7.93. The molecule has 154 valence electrons. The average molecular weight is 427 g/mol. The summed E-state index contributed by atoms with van der Waals surface area (Å²) in [5.41, 5.74) is 0.883. The molecule has 30 heavy (non-hydrogen) atoms. The van der Waals surface area contributed by atoms with Crippen molar-refractivity contribution in [3.63, 3.8) is 0 Å². The van der Waals surface area contributed by atoms with Crippen LogP contribution in [0.1, 0.15) is 44.0 Å². The van der Waals surface area contributed by atoms with E-state index in [0.29, 0.717) is 16.0 Å². The standard InChI is InChI=1S/C20H17N3O6S/c1-28-20(25)16-12-4-2-3-5-15(12)30-19(16)22-18(24)13-9-10-8-11(23(26)27)6-7-14(10)29-17(13)21/h6-9,21H,2-5H2,1H3,(H,22,24). The molecule has 1 aromatic carbocycles. The largest absolute Gasteiger partial charge is 0.465 e. The zero-order valence-corrected chi connectivity index (χ0v) is 16.8. The fourth-order valence-electron chi connectivity index (χ4n) is 3.55. The Morgan fingerprint density at radius 3 is 2.77 bits per heavy atom. The summed E-state index contributed by atoms with van der Waals surface area (Å²) in [5.74, 6) is -1.16. The number of thiophene rings is 1. The molecule has 0 saturated carbocycles. The number of nitro groups is 1. The van der Waals surface area contributed by atoms with Crippen molar-refractivity contribution in [1.82, 2.24) is 0 Å². The molecule has 1 aliphatic carbocycles. The molecule has 0 saturated heterocycles. The van der Waals surface area contributed by atoms with Crippen LogP contribution in [0.25, 0.3) is 11.0 Å². The first-order valence-electron chi connectivity index (χ1n) is 9.20. The van der Waals surface area contributed by atoms with Gasteiger partial charge in [-0.15, -0.1) is 11.3 Å². The number of carbonyl (C=O) groups is 2. The van der Waals surface area contributed by atoms with Crippen LogP contribution in [0.5, 0.6) is 0 Å². The van der Waals surface area contributed by atoms with Gasteiger partial charge in [-0.3, -0.25) is 20.3 Å². The van der Waals surface area contributed by atoms with Gasteiger partial charge in [-0.1, -0.05) is 0 Å². The van der Waals surface area contributed by atoms with Crippen molar-refractivity contribution in [1.29, 1.82) is 5.41 Å². The van der Waals surface area contributed by atoms with Gasteiger partial charge in [0.15, 0.2) is 0 Å². The Hall–Kier alpha value is -3.53. The van der Waals surface area contributed by atoms with Crippen molar-refractivity contribution in [2.45, 2.75) is 25.7 Å². The lowest BCUT2D eigenvalue weighted by Crippen LogP contribution is -2.21. The molecule has 10 heteroatoms. The second-order valence-electron chi connectivity index (χ2n) is 6.83. The number of benzene rings is 1. The maximum absolute atomic E-state index is 12.9. The summed E-state index contributed by atoms with van der Waals surface area (Å²) in [5, 5.41) is 22.5. The zero-order valence-electron chi connectivity index (χ0n) is 15.9. The van der Waals surface area contributed by atoms with Crippen LogP contribution in [-0.2, 0) is 17.6 Å². The Balaban J connectivity index is 1.74. The number of rotatable bonds is 4. The monoisotopic (exact) mass is 427 g/mol.